The monoisotopic (exact) mass is 354 g/mol. The molecule has 0 radical (unpaired) electrons. The van der Waals surface area contributed by atoms with Crippen molar-refractivity contribution in [1.29, 1.82) is 0 Å². The molecule has 0 amide bonds. The number of esters is 1. The minimum atomic E-state index is -0.449. The second-order valence-electron chi connectivity index (χ2n) is 5.71. The molecule has 0 fully saturated rings. The Morgan fingerprint density at radius 1 is 1.35 bits per heavy atom. The van der Waals surface area contributed by atoms with Crippen LogP contribution in [-0.2, 0) is 9.53 Å². The van der Waals surface area contributed by atoms with Gasteiger partial charge in [-0.05, 0) is 25.5 Å². The van der Waals surface area contributed by atoms with Gasteiger partial charge in [0.1, 0.15) is 23.7 Å². The van der Waals surface area contributed by atoms with Gasteiger partial charge in [-0.2, -0.15) is 0 Å². The first-order valence-corrected chi connectivity index (χ1v) is 8.12. The summed E-state index contributed by atoms with van der Waals surface area (Å²) in [6.07, 6.45) is 1.89. The second-order valence-corrected chi connectivity index (χ2v) is 5.71. The number of imidazole rings is 1. The third-order valence-corrected chi connectivity index (χ3v) is 3.80. The van der Waals surface area contributed by atoms with Crippen LogP contribution in [0, 0.1) is 17.0 Å². The van der Waals surface area contributed by atoms with Gasteiger partial charge >= 0.3 is 5.97 Å². The van der Waals surface area contributed by atoms with E-state index in [0.29, 0.717) is 29.3 Å². The van der Waals surface area contributed by atoms with Gasteiger partial charge in [-0.3, -0.25) is 19.3 Å². The van der Waals surface area contributed by atoms with Crippen LogP contribution < -0.4 is 5.32 Å². The zero-order chi connectivity index (χ0) is 18.7. The number of rotatable bonds is 6. The van der Waals surface area contributed by atoms with E-state index in [1.807, 2.05) is 29.7 Å². The number of nitrogens with one attached hydrogen (secondary N) is 1. The lowest BCUT2D eigenvalue weighted by Crippen LogP contribution is -2.18. The lowest BCUT2D eigenvalue weighted by Gasteiger charge is -2.09. The summed E-state index contributed by atoms with van der Waals surface area (Å²) in [5, 5.41) is 14.1. The molecular weight excluding hydrogens is 336 g/mol. The Morgan fingerprint density at radius 3 is 2.88 bits per heavy atom. The minimum absolute atomic E-state index is 0.0212. The molecule has 0 saturated heterocycles. The van der Waals surface area contributed by atoms with Crippen LogP contribution in [0.3, 0.4) is 0 Å². The molecule has 0 atom stereocenters. The zero-order valence-electron chi connectivity index (χ0n) is 14.4. The molecule has 26 heavy (non-hydrogen) atoms. The van der Waals surface area contributed by atoms with Crippen molar-refractivity contribution in [2.24, 2.45) is 0 Å². The molecule has 0 aliphatic carbocycles. The van der Waals surface area contributed by atoms with E-state index in [0.717, 1.165) is 5.56 Å². The van der Waals surface area contributed by atoms with E-state index in [-0.39, 0.29) is 18.2 Å². The molecule has 134 valence electrons. The summed E-state index contributed by atoms with van der Waals surface area (Å²) in [5.41, 5.74) is 2.78. The van der Waals surface area contributed by atoms with Gasteiger partial charge in [-0.25, -0.2) is 4.98 Å². The molecule has 0 aliphatic heterocycles. The average Bonchev–Trinajstić information content (AvgIpc) is 2.98. The van der Waals surface area contributed by atoms with Gasteiger partial charge in [0.15, 0.2) is 0 Å². The summed E-state index contributed by atoms with van der Waals surface area (Å²) in [7, 11) is 0. The average molecular weight is 354 g/mol. The van der Waals surface area contributed by atoms with Crippen LogP contribution in [0.2, 0.25) is 0 Å². The van der Waals surface area contributed by atoms with E-state index in [9.17, 15) is 14.9 Å². The third kappa shape index (κ3) is 3.49. The molecule has 1 aromatic carbocycles. The Balaban J connectivity index is 2.09. The van der Waals surface area contributed by atoms with Gasteiger partial charge in [0.05, 0.1) is 11.5 Å². The molecule has 8 nitrogen and oxygen atoms in total. The maximum absolute atomic E-state index is 11.7. The van der Waals surface area contributed by atoms with Crippen molar-refractivity contribution in [3.8, 4) is 11.3 Å². The molecule has 0 bridgehead atoms. The molecule has 0 spiro atoms. The van der Waals surface area contributed by atoms with E-state index >= 15 is 0 Å². The van der Waals surface area contributed by atoms with Crippen molar-refractivity contribution < 1.29 is 14.5 Å². The van der Waals surface area contributed by atoms with Crippen LogP contribution in [0.4, 0.5) is 11.5 Å². The number of pyridine rings is 1. The zero-order valence-corrected chi connectivity index (χ0v) is 14.4. The number of nitro groups is 1. The number of nitro benzene ring substituents is 1. The number of nitrogens with zero attached hydrogens (tertiary/aromatic N) is 3. The number of anilines is 1. The number of carbonyl (C=O) groups excluding carboxylic acids is 1. The second kappa shape index (κ2) is 7.22. The maximum atomic E-state index is 11.7. The van der Waals surface area contributed by atoms with E-state index in [2.05, 4.69) is 10.3 Å². The van der Waals surface area contributed by atoms with Crippen LogP contribution in [0.15, 0.2) is 42.6 Å². The van der Waals surface area contributed by atoms with Crippen molar-refractivity contribution in [2.75, 3.05) is 18.5 Å². The largest absolute Gasteiger partial charge is 0.465 e. The summed E-state index contributed by atoms with van der Waals surface area (Å²) in [5.74, 6) is 0.192. The van der Waals surface area contributed by atoms with Crippen LogP contribution in [-0.4, -0.2) is 33.4 Å². The molecule has 0 aliphatic rings. The molecule has 3 aromatic rings. The highest BCUT2D eigenvalue weighted by atomic mass is 16.6. The third-order valence-electron chi connectivity index (χ3n) is 3.80. The first kappa shape index (κ1) is 17.4. The molecular formula is C18H18N4O4. The predicted octanol–water partition coefficient (Wildman–Crippen LogP) is 3.19. The van der Waals surface area contributed by atoms with Gasteiger partial charge in [-0.15, -0.1) is 0 Å². The van der Waals surface area contributed by atoms with Gasteiger partial charge in [0.25, 0.3) is 5.69 Å². The highest BCUT2D eigenvalue weighted by molar-refractivity contribution is 5.81. The van der Waals surface area contributed by atoms with E-state index < -0.39 is 4.92 Å². The standard InChI is InChI=1S/C18H18N4O4/c1-3-26-16(23)10-19-18-17(13-5-4-6-14(9-13)22(24)25)20-15-8-7-12(2)11-21(15)18/h4-9,11,19H,3,10H2,1-2H3. The van der Waals surface area contributed by atoms with Gasteiger partial charge < -0.3 is 10.1 Å². The fraction of sp³-hybridized carbons (Fsp3) is 0.222. The summed E-state index contributed by atoms with van der Waals surface area (Å²) in [6.45, 7) is 3.95. The van der Waals surface area contributed by atoms with Gasteiger partial charge in [0, 0.05) is 23.9 Å². The van der Waals surface area contributed by atoms with Gasteiger partial charge in [0.2, 0.25) is 0 Å². The molecule has 2 aromatic heterocycles. The SMILES string of the molecule is CCOC(=O)CNc1c(-c2cccc([N+](=O)[O-])c2)nc2ccc(C)cn12. The summed E-state index contributed by atoms with van der Waals surface area (Å²) < 4.78 is 6.77. The number of hydrogen-bond donors (Lipinski definition) is 1. The quantitative estimate of drug-likeness (QED) is 0.415. The maximum Gasteiger partial charge on any atom is 0.325 e. The normalized spacial score (nSPS) is 10.7. The Hall–Kier alpha value is -3.42. The fourth-order valence-electron chi connectivity index (χ4n) is 2.66. The van der Waals surface area contributed by atoms with Crippen molar-refractivity contribution >= 4 is 23.1 Å². The number of aromatic nitrogens is 2. The first-order valence-electron chi connectivity index (χ1n) is 8.12. The Bertz CT molecular complexity index is 980. The molecule has 0 unspecified atom stereocenters. The Kier molecular flexibility index (Phi) is 4.83. The lowest BCUT2D eigenvalue weighted by molar-refractivity contribution is -0.384. The van der Waals surface area contributed by atoms with Crippen LogP contribution >= 0.6 is 0 Å². The minimum Gasteiger partial charge on any atom is -0.465 e. The lowest BCUT2D eigenvalue weighted by atomic mass is 10.1. The van der Waals surface area contributed by atoms with Crippen molar-refractivity contribution in [3.05, 3.63) is 58.3 Å². The molecule has 3 rings (SSSR count). The Labute approximate surface area is 149 Å². The number of hydrogen-bond acceptors (Lipinski definition) is 6. The number of aryl methyl sites for hydroxylation is 1. The number of fused-ring (bicyclic) bond motifs is 1. The molecule has 8 heteroatoms. The number of ether oxygens (including phenoxy) is 1. The van der Waals surface area contributed by atoms with Crippen molar-refractivity contribution in [2.45, 2.75) is 13.8 Å². The number of non-ortho nitro benzene ring substituents is 1. The number of carbonyl (C=O) groups is 1. The highest BCUT2D eigenvalue weighted by Crippen LogP contribution is 2.31. The van der Waals surface area contributed by atoms with Crippen molar-refractivity contribution in [3.63, 3.8) is 0 Å². The number of benzene rings is 1. The summed E-state index contributed by atoms with van der Waals surface area (Å²) >= 11 is 0. The molecule has 2 heterocycles. The first-order chi connectivity index (χ1) is 12.5. The summed E-state index contributed by atoms with van der Waals surface area (Å²) in [4.78, 5) is 26.9. The van der Waals surface area contributed by atoms with Crippen molar-refractivity contribution in [1.82, 2.24) is 9.38 Å². The van der Waals surface area contributed by atoms with E-state index in [1.54, 1.807) is 19.1 Å². The fourth-order valence-corrected chi connectivity index (χ4v) is 2.66. The van der Waals surface area contributed by atoms with Gasteiger partial charge in [-0.1, -0.05) is 18.2 Å². The topological polar surface area (TPSA) is 98.8 Å². The highest BCUT2D eigenvalue weighted by Gasteiger charge is 2.17. The molecule has 1 N–H and O–H groups in total. The predicted molar refractivity (Wildman–Crippen MR) is 97.1 cm³/mol. The van der Waals surface area contributed by atoms with Crippen LogP contribution in [0.1, 0.15) is 12.5 Å². The van der Waals surface area contributed by atoms with Crippen LogP contribution in [0.5, 0.6) is 0 Å². The van der Waals surface area contributed by atoms with E-state index in [1.165, 1.54) is 12.1 Å². The molecule has 0 saturated carbocycles. The summed E-state index contributed by atoms with van der Waals surface area (Å²) in [6, 6.07) is 10.0. The smallest absolute Gasteiger partial charge is 0.325 e. The van der Waals surface area contributed by atoms with E-state index in [4.69, 9.17) is 4.74 Å². The Morgan fingerprint density at radius 2 is 2.15 bits per heavy atom. The van der Waals surface area contributed by atoms with Crippen LogP contribution in [0.25, 0.3) is 16.9 Å².